The van der Waals surface area contributed by atoms with Gasteiger partial charge >= 0.3 is 0 Å². The van der Waals surface area contributed by atoms with Gasteiger partial charge in [-0.1, -0.05) is 6.07 Å². The minimum atomic E-state index is -0.442. The highest BCUT2D eigenvalue weighted by atomic mass is 35.5. The van der Waals surface area contributed by atoms with Gasteiger partial charge in [-0.25, -0.2) is 0 Å². The summed E-state index contributed by atoms with van der Waals surface area (Å²) in [6, 6.07) is 9.11. The van der Waals surface area contributed by atoms with Crippen molar-refractivity contribution < 1.29 is 9.53 Å². The van der Waals surface area contributed by atoms with Gasteiger partial charge < -0.3 is 9.30 Å². The van der Waals surface area contributed by atoms with Crippen LogP contribution in [0.5, 0.6) is 5.75 Å². The molecule has 0 spiro atoms. The van der Waals surface area contributed by atoms with Gasteiger partial charge in [0.05, 0.1) is 7.11 Å². The monoisotopic (exact) mass is 305 g/mol. The number of pyridine rings is 1. The van der Waals surface area contributed by atoms with Crippen LogP contribution in [0.1, 0.15) is 17.7 Å². The van der Waals surface area contributed by atoms with E-state index in [1.54, 1.807) is 19.4 Å². The van der Waals surface area contributed by atoms with E-state index in [1.165, 1.54) is 0 Å². The molecule has 1 aromatic carbocycles. The third-order valence-electron chi connectivity index (χ3n) is 3.24. The molecule has 0 atom stereocenters. The molecule has 2 rings (SSSR count). The van der Waals surface area contributed by atoms with Gasteiger partial charge in [0, 0.05) is 41.7 Å². The number of methoxy groups -OCH3 is 1. The summed E-state index contributed by atoms with van der Waals surface area (Å²) in [6.07, 6.45) is 2.25. The fourth-order valence-corrected chi connectivity index (χ4v) is 2.23. The molecule has 5 heteroatoms. The molecular formula is C16H16ClNO3. The molecule has 1 aromatic heterocycles. The lowest BCUT2D eigenvalue weighted by molar-refractivity contribution is -0.111. The van der Waals surface area contributed by atoms with E-state index in [4.69, 9.17) is 16.3 Å². The minimum absolute atomic E-state index is 0.0791. The summed E-state index contributed by atoms with van der Waals surface area (Å²) < 4.78 is 7.11. The molecule has 0 unspecified atom stereocenters. The van der Waals surface area contributed by atoms with Gasteiger partial charge in [0.2, 0.25) is 5.24 Å². The summed E-state index contributed by atoms with van der Waals surface area (Å²) >= 11 is 5.34. The second-order valence-electron chi connectivity index (χ2n) is 4.73. The highest BCUT2D eigenvalue weighted by Crippen LogP contribution is 2.18. The Morgan fingerprint density at radius 2 is 2.10 bits per heavy atom. The Labute approximate surface area is 127 Å². The summed E-state index contributed by atoms with van der Waals surface area (Å²) in [5, 5.41) is -0.442. The van der Waals surface area contributed by atoms with Gasteiger partial charge in [-0.2, -0.15) is 0 Å². The van der Waals surface area contributed by atoms with Crippen molar-refractivity contribution in [1.29, 1.82) is 0 Å². The van der Waals surface area contributed by atoms with E-state index >= 15 is 0 Å². The third-order valence-corrected chi connectivity index (χ3v) is 3.43. The molecule has 0 bridgehead atoms. The lowest BCUT2D eigenvalue weighted by Crippen LogP contribution is -2.14. The molecule has 0 fully saturated rings. The second-order valence-corrected chi connectivity index (χ2v) is 5.15. The standard InChI is InChI=1S/C16H16ClNO3/c1-11-8-15(19)12(6-7-16(17)20)10-18(11)13-4-3-5-14(9-13)21-2/h3-5,8-10H,6-7H2,1-2H3. The number of nitrogens with zero attached hydrogens (tertiary/aromatic N) is 1. The number of halogens is 1. The zero-order valence-electron chi connectivity index (χ0n) is 11.9. The Hall–Kier alpha value is -2.07. The second kappa shape index (κ2) is 6.59. The summed E-state index contributed by atoms with van der Waals surface area (Å²) in [6.45, 7) is 1.86. The number of aromatic nitrogens is 1. The Morgan fingerprint density at radius 3 is 2.76 bits per heavy atom. The average molecular weight is 306 g/mol. The van der Waals surface area contributed by atoms with Gasteiger partial charge in [0.15, 0.2) is 5.43 Å². The van der Waals surface area contributed by atoms with Crippen molar-refractivity contribution in [2.45, 2.75) is 19.8 Å². The number of hydrogen-bond acceptors (Lipinski definition) is 3. The van der Waals surface area contributed by atoms with Crippen LogP contribution in [0.4, 0.5) is 0 Å². The first-order valence-electron chi connectivity index (χ1n) is 6.56. The van der Waals surface area contributed by atoms with Crippen molar-refractivity contribution in [1.82, 2.24) is 4.57 Å². The van der Waals surface area contributed by atoms with Gasteiger partial charge in [-0.05, 0) is 37.1 Å². The number of aryl methyl sites for hydroxylation is 2. The topological polar surface area (TPSA) is 48.3 Å². The maximum atomic E-state index is 12.0. The lowest BCUT2D eigenvalue weighted by atomic mass is 10.1. The maximum absolute atomic E-state index is 12.0. The van der Waals surface area contributed by atoms with Gasteiger partial charge in [0.1, 0.15) is 5.75 Å². The first-order valence-corrected chi connectivity index (χ1v) is 6.94. The van der Waals surface area contributed by atoms with Crippen LogP contribution in [0, 0.1) is 6.92 Å². The van der Waals surface area contributed by atoms with Crippen LogP contribution < -0.4 is 10.2 Å². The summed E-state index contributed by atoms with van der Waals surface area (Å²) in [7, 11) is 1.61. The molecule has 0 saturated carbocycles. The molecule has 1 heterocycles. The van der Waals surface area contributed by atoms with Crippen LogP contribution in [0.3, 0.4) is 0 Å². The Morgan fingerprint density at radius 1 is 1.33 bits per heavy atom. The number of ether oxygens (including phenoxy) is 1. The third kappa shape index (κ3) is 3.73. The number of carbonyl (C=O) groups excluding carboxylic acids is 1. The lowest BCUT2D eigenvalue weighted by Gasteiger charge is -2.13. The Kier molecular flexibility index (Phi) is 4.81. The largest absolute Gasteiger partial charge is 0.497 e. The van der Waals surface area contributed by atoms with E-state index in [1.807, 2.05) is 35.8 Å². The van der Waals surface area contributed by atoms with Gasteiger partial charge in [0.25, 0.3) is 0 Å². The van der Waals surface area contributed by atoms with Crippen LogP contribution in [-0.4, -0.2) is 16.9 Å². The molecule has 0 radical (unpaired) electrons. The molecule has 4 nitrogen and oxygen atoms in total. The van der Waals surface area contributed by atoms with Crippen LogP contribution in [0.2, 0.25) is 0 Å². The highest BCUT2D eigenvalue weighted by Gasteiger charge is 2.08. The zero-order valence-corrected chi connectivity index (χ0v) is 12.7. The predicted molar refractivity (Wildman–Crippen MR) is 82.5 cm³/mol. The Balaban J connectivity index is 2.45. The molecule has 0 aliphatic rings. The highest BCUT2D eigenvalue weighted by molar-refractivity contribution is 6.63. The fourth-order valence-electron chi connectivity index (χ4n) is 2.13. The van der Waals surface area contributed by atoms with Gasteiger partial charge in [-0.3, -0.25) is 9.59 Å². The van der Waals surface area contributed by atoms with Crippen molar-refractivity contribution in [3.8, 4) is 11.4 Å². The minimum Gasteiger partial charge on any atom is -0.497 e. The van der Waals surface area contributed by atoms with E-state index < -0.39 is 5.24 Å². The van der Waals surface area contributed by atoms with Crippen LogP contribution >= 0.6 is 11.6 Å². The number of benzene rings is 1. The first-order chi connectivity index (χ1) is 10.0. The van der Waals surface area contributed by atoms with E-state index in [-0.39, 0.29) is 11.8 Å². The molecule has 2 aromatic rings. The van der Waals surface area contributed by atoms with E-state index in [9.17, 15) is 9.59 Å². The maximum Gasteiger partial charge on any atom is 0.221 e. The normalized spacial score (nSPS) is 10.4. The van der Waals surface area contributed by atoms with E-state index in [0.29, 0.717) is 12.0 Å². The molecular weight excluding hydrogens is 290 g/mol. The number of carbonyl (C=O) groups is 1. The van der Waals surface area contributed by atoms with Crippen LogP contribution in [0.15, 0.2) is 41.3 Å². The van der Waals surface area contributed by atoms with E-state index in [0.717, 1.165) is 17.1 Å². The quantitative estimate of drug-likeness (QED) is 0.798. The van der Waals surface area contributed by atoms with Crippen LogP contribution in [-0.2, 0) is 11.2 Å². The average Bonchev–Trinajstić information content (AvgIpc) is 2.46. The molecule has 0 N–H and O–H groups in total. The fraction of sp³-hybridized carbons (Fsp3) is 0.250. The molecule has 0 aliphatic heterocycles. The number of hydrogen-bond donors (Lipinski definition) is 0. The molecule has 110 valence electrons. The van der Waals surface area contributed by atoms with Crippen molar-refractivity contribution in [2.24, 2.45) is 0 Å². The summed E-state index contributed by atoms with van der Waals surface area (Å²) in [5.74, 6) is 0.739. The molecule has 0 saturated heterocycles. The van der Waals surface area contributed by atoms with E-state index in [2.05, 4.69) is 0 Å². The smallest absolute Gasteiger partial charge is 0.221 e. The molecule has 0 aliphatic carbocycles. The van der Waals surface area contributed by atoms with Crippen LogP contribution in [0.25, 0.3) is 5.69 Å². The summed E-state index contributed by atoms with van der Waals surface area (Å²) in [5.41, 5.74) is 2.20. The van der Waals surface area contributed by atoms with Gasteiger partial charge in [-0.15, -0.1) is 0 Å². The van der Waals surface area contributed by atoms with Crippen molar-refractivity contribution in [2.75, 3.05) is 7.11 Å². The van der Waals surface area contributed by atoms with Crippen molar-refractivity contribution in [3.05, 3.63) is 58.0 Å². The Bertz CT molecular complexity index is 722. The first kappa shape index (κ1) is 15.3. The zero-order chi connectivity index (χ0) is 15.4. The van der Waals surface area contributed by atoms with Crippen molar-refractivity contribution >= 4 is 16.8 Å². The SMILES string of the molecule is COc1cccc(-n2cc(CCC(=O)Cl)c(=O)cc2C)c1. The number of rotatable bonds is 5. The van der Waals surface area contributed by atoms with Crippen molar-refractivity contribution in [3.63, 3.8) is 0 Å². The molecule has 0 amide bonds. The summed E-state index contributed by atoms with van der Waals surface area (Å²) in [4.78, 5) is 22.8. The predicted octanol–water partition coefficient (Wildman–Crippen LogP) is 2.85. The molecule has 21 heavy (non-hydrogen) atoms.